The Morgan fingerprint density at radius 1 is 0.667 bits per heavy atom. The molecule has 1 aromatic heterocycles. The molecule has 0 aliphatic heterocycles. The molecule has 2 saturated carbocycles. The number of aromatic nitrogens is 2. The normalized spacial score (nSPS) is 23.3. The zero-order valence-electron chi connectivity index (χ0n) is 11.1. The molecule has 3 heteroatoms. The van der Waals surface area contributed by atoms with Gasteiger partial charge in [-0.15, -0.1) is 0 Å². The van der Waals surface area contributed by atoms with E-state index in [0.29, 0.717) is 0 Å². The van der Waals surface area contributed by atoms with E-state index in [-0.39, 0.29) is 0 Å². The summed E-state index contributed by atoms with van der Waals surface area (Å²) in [4.78, 5) is 6.94. The second kappa shape index (κ2) is 5.60. The number of aromatic amines is 2. The van der Waals surface area contributed by atoms with E-state index in [2.05, 4.69) is 9.97 Å². The van der Waals surface area contributed by atoms with Gasteiger partial charge in [-0.2, -0.15) is 0 Å². The minimum atomic E-state index is 0.739. The predicted octanol–water partition coefficient (Wildman–Crippen LogP) is 5.17. The Kier molecular flexibility index (Phi) is 3.88. The zero-order valence-corrected chi connectivity index (χ0v) is 12.0. The quantitative estimate of drug-likeness (QED) is 0.710. The second-order valence-electron chi connectivity index (χ2n) is 6.08. The summed E-state index contributed by atoms with van der Waals surface area (Å²) in [6, 6.07) is 0. The highest BCUT2D eigenvalue weighted by atomic mass is 32.1. The van der Waals surface area contributed by atoms with Crippen LogP contribution in [0.5, 0.6) is 0 Å². The summed E-state index contributed by atoms with van der Waals surface area (Å²) in [5.74, 6) is 1.48. The van der Waals surface area contributed by atoms with Crippen molar-refractivity contribution in [1.29, 1.82) is 0 Å². The van der Waals surface area contributed by atoms with Gasteiger partial charge in [-0.3, -0.25) is 0 Å². The number of rotatable bonds is 2. The highest BCUT2D eigenvalue weighted by molar-refractivity contribution is 7.71. The summed E-state index contributed by atoms with van der Waals surface area (Å²) in [7, 11) is 0. The maximum atomic E-state index is 5.35. The summed E-state index contributed by atoms with van der Waals surface area (Å²) < 4.78 is 0.844. The molecule has 0 atom stereocenters. The molecule has 0 saturated heterocycles. The van der Waals surface area contributed by atoms with Crippen LogP contribution in [0.3, 0.4) is 0 Å². The minimum Gasteiger partial charge on any atom is -0.334 e. The summed E-state index contributed by atoms with van der Waals surface area (Å²) in [5.41, 5.74) is 2.93. The van der Waals surface area contributed by atoms with E-state index in [4.69, 9.17) is 12.2 Å². The number of hydrogen-bond donors (Lipinski definition) is 2. The average Bonchev–Trinajstić information content (AvgIpc) is 2.83. The van der Waals surface area contributed by atoms with Crippen molar-refractivity contribution >= 4 is 12.2 Å². The molecule has 2 nitrogen and oxygen atoms in total. The van der Waals surface area contributed by atoms with Gasteiger partial charge in [0.05, 0.1) is 0 Å². The Hall–Kier alpha value is -0.570. The number of H-pyrrole nitrogens is 2. The van der Waals surface area contributed by atoms with E-state index in [9.17, 15) is 0 Å². The van der Waals surface area contributed by atoms with Crippen molar-refractivity contribution in [2.45, 2.75) is 76.0 Å². The molecule has 3 rings (SSSR count). The molecule has 0 spiro atoms. The fourth-order valence-corrected chi connectivity index (χ4v) is 4.06. The van der Waals surface area contributed by atoms with Crippen molar-refractivity contribution in [3.05, 3.63) is 16.2 Å². The zero-order chi connectivity index (χ0) is 12.4. The molecular formula is C15H24N2S. The molecule has 100 valence electrons. The van der Waals surface area contributed by atoms with E-state index >= 15 is 0 Å². The van der Waals surface area contributed by atoms with Crippen LogP contribution >= 0.6 is 12.2 Å². The van der Waals surface area contributed by atoms with E-state index in [1.54, 1.807) is 0 Å². The van der Waals surface area contributed by atoms with Gasteiger partial charge in [0, 0.05) is 23.2 Å². The first kappa shape index (κ1) is 12.5. The van der Waals surface area contributed by atoms with Crippen LogP contribution in [0.25, 0.3) is 0 Å². The summed E-state index contributed by atoms with van der Waals surface area (Å²) in [5, 5.41) is 0. The third kappa shape index (κ3) is 2.56. The highest BCUT2D eigenvalue weighted by Crippen LogP contribution is 2.39. The molecule has 0 amide bonds. The summed E-state index contributed by atoms with van der Waals surface area (Å²) in [6.07, 6.45) is 13.8. The maximum absolute atomic E-state index is 5.35. The SMILES string of the molecule is S=c1[nH]c(C2CCCCC2)c(C2CCCCC2)[nH]1. The molecule has 1 aromatic rings. The highest BCUT2D eigenvalue weighted by Gasteiger charge is 2.25. The smallest absolute Gasteiger partial charge is 0.174 e. The molecule has 2 N–H and O–H groups in total. The van der Waals surface area contributed by atoms with E-state index < -0.39 is 0 Å². The molecule has 2 aliphatic carbocycles. The van der Waals surface area contributed by atoms with Crippen LogP contribution in [-0.2, 0) is 0 Å². The molecule has 0 aromatic carbocycles. The van der Waals surface area contributed by atoms with Gasteiger partial charge in [0.25, 0.3) is 0 Å². The van der Waals surface area contributed by atoms with Gasteiger partial charge >= 0.3 is 0 Å². The lowest BCUT2D eigenvalue weighted by Gasteiger charge is -2.26. The first-order chi connectivity index (χ1) is 8.84. The molecule has 2 fully saturated rings. The van der Waals surface area contributed by atoms with Crippen molar-refractivity contribution in [2.75, 3.05) is 0 Å². The Labute approximate surface area is 115 Å². The first-order valence-electron chi connectivity index (χ1n) is 7.66. The Bertz CT molecular complexity index is 395. The van der Waals surface area contributed by atoms with E-state index in [1.807, 2.05) is 0 Å². The van der Waals surface area contributed by atoms with Crippen LogP contribution in [-0.4, -0.2) is 9.97 Å². The van der Waals surface area contributed by atoms with Crippen molar-refractivity contribution in [3.63, 3.8) is 0 Å². The van der Waals surface area contributed by atoms with Gasteiger partial charge in [-0.1, -0.05) is 38.5 Å². The lowest BCUT2D eigenvalue weighted by atomic mass is 9.81. The number of hydrogen-bond acceptors (Lipinski definition) is 1. The lowest BCUT2D eigenvalue weighted by Crippen LogP contribution is -2.12. The fraction of sp³-hybridized carbons (Fsp3) is 0.800. The Morgan fingerprint density at radius 2 is 1.06 bits per heavy atom. The minimum absolute atomic E-state index is 0.739. The van der Waals surface area contributed by atoms with Crippen LogP contribution in [0.1, 0.15) is 87.4 Å². The van der Waals surface area contributed by atoms with Crippen LogP contribution in [0.4, 0.5) is 0 Å². The van der Waals surface area contributed by atoms with Crippen LogP contribution in [0, 0.1) is 4.77 Å². The molecule has 0 radical (unpaired) electrons. The van der Waals surface area contributed by atoms with Crippen molar-refractivity contribution in [1.82, 2.24) is 9.97 Å². The third-order valence-corrected chi connectivity index (χ3v) is 5.02. The van der Waals surface area contributed by atoms with Gasteiger partial charge in [-0.25, -0.2) is 0 Å². The molecular weight excluding hydrogens is 240 g/mol. The van der Waals surface area contributed by atoms with Crippen molar-refractivity contribution in [2.24, 2.45) is 0 Å². The number of nitrogens with one attached hydrogen (secondary N) is 2. The summed E-state index contributed by atoms with van der Waals surface area (Å²) in [6.45, 7) is 0. The van der Waals surface area contributed by atoms with Crippen molar-refractivity contribution in [3.8, 4) is 0 Å². The van der Waals surface area contributed by atoms with Gasteiger partial charge in [0.15, 0.2) is 4.77 Å². The van der Waals surface area contributed by atoms with Crippen LogP contribution < -0.4 is 0 Å². The maximum Gasteiger partial charge on any atom is 0.174 e. The number of imidazole rings is 1. The lowest BCUT2D eigenvalue weighted by molar-refractivity contribution is 0.411. The van der Waals surface area contributed by atoms with Crippen molar-refractivity contribution < 1.29 is 0 Å². The fourth-order valence-electron chi connectivity index (χ4n) is 3.84. The molecule has 2 aliphatic rings. The van der Waals surface area contributed by atoms with Crippen LogP contribution in [0.15, 0.2) is 0 Å². The molecule has 1 heterocycles. The second-order valence-corrected chi connectivity index (χ2v) is 6.48. The molecule has 0 unspecified atom stereocenters. The van der Waals surface area contributed by atoms with Gasteiger partial charge in [0.2, 0.25) is 0 Å². The monoisotopic (exact) mass is 264 g/mol. The largest absolute Gasteiger partial charge is 0.334 e. The van der Waals surface area contributed by atoms with E-state index in [0.717, 1.165) is 16.6 Å². The molecule has 0 bridgehead atoms. The Balaban J connectivity index is 1.85. The third-order valence-electron chi connectivity index (χ3n) is 4.81. The average molecular weight is 264 g/mol. The van der Waals surface area contributed by atoms with Gasteiger partial charge in [-0.05, 0) is 37.9 Å². The van der Waals surface area contributed by atoms with E-state index in [1.165, 1.54) is 75.6 Å². The summed E-state index contributed by atoms with van der Waals surface area (Å²) >= 11 is 5.35. The Morgan fingerprint density at radius 3 is 1.44 bits per heavy atom. The topological polar surface area (TPSA) is 31.6 Å². The predicted molar refractivity (Wildman–Crippen MR) is 77.6 cm³/mol. The van der Waals surface area contributed by atoms with Crippen LogP contribution in [0.2, 0.25) is 0 Å². The standard InChI is InChI=1S/C15H24N2S/c18-15-16-13(11-7-3-1-4-8-11)14(17-15)12-9-5-2-6-10-12/h11-12H,1-10H2,(H2,16,17,18). The first-order valence-corrected chi connectivity index (χ1v) is 8.07. The van der Waals surface area contributed by atoms with Gasteiger partial charge < -0.3 is 9.97 Å². The molecule has 18 heavy (non-hydrogen) atoms. The van der Waals surface area contributed by atoms with Gasteiger partial charge in [0.1, 0.15) is 0 Å².